The van der Waals surface area contributed by atoms with Crippen molar-refractivity contribution < 1.29 is 0 Å². The Labute approximate surface area is 114 Å². The van der Waals surface area contributed by atoms with Crippen LogP contribution in [0.4, 0.5) is 5.82 Å². The molecule has 3 atom stereocenters. The van der Waals surface area contributed by atoms with Crippen LogP contribution in [0.3, 0.4) is 0 Å². The Kier molecular flexibility index (Phi) is 3.18. The minimum Gasteiger partial charge on any atom is -0.359 e. The molecule has 0 saturated heterocycles. The monoisotopic (exact) mass is 265 g/mol. The number of aromatic nitrogens is 2. The Morgan fingerprint density at radius 2 is 2.22 bits per heavy atom. The number of nitrogens with zero attached hydrogens (tertiary/aromatic N) is 3. The van der Waals surface area contributed by atoms with Gasteiger partial charge in [-0.1, -0.05) is 6.42 Å². The first-order valence-corrected chi connectivity index (χ1v) is 7.21. The molecule has 0 aliphatic heterocycles. The topological polar surface area (TPSA) is 29.0 Å². The lowest BCUT2D eigenvalue weighted by Gasteiger charge is -2.28. The third-order valence-electron chi connectivity index (χ3n) is 4.67. The molecular formula is C14H20ClN3. The van der Waals surface area contributed by atoms with E-state index in [2.05, 4.69) is 21.9 Å². The number of rotatable bonds is 3. The van der Waals surface area contributed by atoms with Gasteiger partial charge in [0.2, 0.25) is 5.28 Å². The van der Waals surface area contributed by atoms with Crippen LogP contribution in [0, 0.1) is 24.7 Å². The first-order valence-electron chi connectivity index (χ1n) is 6.83. The van der Waals surface area contributed by atoms with E-state index in [0.717, 1.165) is 35.7 Å². The minimum absolute atomic E-state index is 0.343. The molecular weight excluding hydrogens is 246 g/mol. The summed E-state index contributed by atoms with van der Waals surface area (Å²) in [6.45, 7) is 3.15. The van der Waals surface area contributed by atoms with Crippen molar-refractivity contribution in [2.75, 3.05) is 18.5 Å². The quantitative estimate of drug-likeness (QED) is 0.785. The molecule has 4 heteroatoms. The van der Waals surface area contributed by atoms with Gasteiger partial charge in [0.05, 0.1) is 0 Å². The molecule has 18 heavy (non-hydrogen) atoms. The number of aryl methyl sites for hydroxylation is 1. The fourth-order valence-corrected chi connectivity index (χ4v) is 3.97. The average Bonchev–Trinajstić information content (AvgIpc) is 2.94. The van der Waals surface area contributed by atoms with Gasteiger partial charge in [0.15, 0.2) is 0 Å². The van der Waals surface area contributed by atoms with Gasteiger partial charge >= 0.3 is 0 Å². The molecule has 1 aromatic heterocycles. The molecule has 1 aromatic rings. The van der Waals surface area contributed by atoms with Gasteiger partial charge in [-0.3, -0.25) is 0 Å². The van der Waals surface area contributed by atoms with Crippen LogP contribution < -0.4 is 4.90 Å². The van der Waals surface area contributed by atoms with Crippen molar-refractivity contribution in [2.24, 2.45) is 17.8 Å². The summed E-state index contributed by atoms with van der Waals surface area (Å²) in [5, 5.41) is 0.343. The average molecular weight is 266 g/mol. The van der Waals surface area contributed by atoms with Crippen LogP contribution in [-0.2, 0) is 0 Å². The van der Waals surface area contributed by atoms with Gasteiger partial charge < -0.3 is 4.90 Å². The van der Waals surface area contributed by atoms with Crippen molar-refractivity contribution in [3.8, 4) is 0 Å². The van der Waals surface area contributed by atoms with Crippen molar-refractivity contribution >= 4 is 17.4 Å². The summed E-state index contributed by atoms with van der Waals surface area (Å²) in [6.07, 6.45) is 7.58. The van der Waals surface area contributed by atoms with Crippen LogP contribution in [0.5, 0.6) is 0 Å². The molecule has 3 rings (SSSR count). The van der Waals surface area contributed by atoms with Gasteiger partial charge in [-0.15, -0.1) is 0 Å². The summed E-state index contributed by atoms with van der Waals surface area (Å²) >= 11 is 5.89. The minimum atomic E-state index is 0.343. The molecule has 2 saturated carbocycles. The maximum absolute atomic E-state index is 5.89. The summed E-state index contributed by atoms with van der Waals surface area (Å²) in [5.41, 5.74) is 1.10. The highest BCUT2D eigenvalue weighted by molar-refractivity contribution is 6.28. The smallest absolute Gasteiger partial charge is 0.224 e. The molecule has 0 radical (unpaired) electrons. The molecule has 2 aliphatic carbocycles. The Morgan fingerprint density at radius 1 is 1.39 bits per heavy atom. The Morgan fingerprint density at radius 3 is 2.89 bits per heavy atom. The lowest BCUT2D eigenvalue weighted by Crippen LogP contribution is -2.29. The molecule has 0 spiro atoms. The molecule has 1 heterocycles. The largest absolute Gasteiger partial charge is 0.359 e. The van der Waals surface area contributed by atoms with E-state index in [1.54, 1.807) is 0 Å². The first kappa shape index (κ1) is 12.2. The fraction of sp³-hybridized carbons (Fsp3) is 0.714. The zero-order valence-electron chi connectivity index (χ0n) is 11.1. The predicted octanol–water partition coefficient (Wildman–Crippen LogP) is 3.31. The normalized spacial score (nSPS) is 29.8. The van der Waals surface area contributed by atoms with Crippen LogP contribution in [0.25, 0.3) is 0 Å². The van der Waals surface area contributed by atoms with Gasteiger partial charge in [-0.2, -0.15) is 0 Å². The second-order valence-corrected chi connectivity index (χ2v) is 6.30. The lowest BCUT2D eigenvalue weighted by atomic mass is 9.88. The Balaban J connectivity index is 1.71. The molecule has 2 aliphatic rings. The highest BCUT2D eigenvalue weighted by Crippen LogP contribution is 2.48. The third-order valence-corrected chi connectivity index (χ3v) is 4.85. The highest BCUT2D eigenvalue weighted by Gasteiger charge is 2.39. The SMILES string of the molecule is Cc1cnc(Cl)nc1N(C)CC1CC2CCC1C2. The molecule has 0 amide bonds. The van der Waals surface area contributed by atoms with Crippen LogP contribution in [0.15, 0.2) is 6.20 Å². The number of hydrogen-bond acceptors (Lipinski definition) is 3. The predicted molar refractivity (Wildman–Crippen MR) is 74.0 cm³/mol. The van der Waals surface area contributed by atoms with Crippen LogP contribution >= 0.6 is 11.6 Å². The van der Waals surface area contributed by atoms with Gasteiger partial charge in [0, 0.05) is 25.4 Å². The second kappa shape index (κ2) is 4.69. The molecule has 2 bridgehead atoms. The Bertz CT molecular complexity index is 449. The molecule has 98 valence electrons. The first-order chi connectivity index (χ1) is 8.63. The van der Waals surface area contributed by atoms with Crippen molar-refractivity contribution in [1.82, 2.24) is 9.97 Å². The van der Waals surface area contributed by atoms with Gasteiger partial charge in [-0.25, -0.2) is 9.97 Å². The van der Waals surface area contributed by atoms with Gasteiger partial charge in [0.25, 0.3) is 0 Å². The van der Waals surface area contributed by atoms with Crippen molar-refractivity contribution in [1.29, 1.82) is 0 Å². The standard InChI is InChI=1S/C14H20ClN3/c1-9-7-16-14(15)17-13(9)18(2)8-12-6-10-3-4-11(12)5-10/h7,10-12H,3-6,8H2,1-2H3. The zero-order chi connectivity index (χ0) is 12.7. The summed E-state index contributed by atoms with van der Waals surface area (Å²) in [6, 6.07) is 0. The van der Waals surface area contributed by atoms with Gasteiger partial charge in [-0.05, 0) is 55.5 Å². The van der Waals surface area contributed by atoms with E-state index in [-0.39, 0.29) is 0 Å². The molecule has 0 aromatic carbocycles. The molecule has 3 nitrogen and oxygen atoms in total. The number of halogens is 1. The third kappa shape index (κ3) is 2.20. The maximum Gasteiger partial charge on any atom is 0.224 e. The maximum atomic E-state index is 5.89. The summed E-state index contributed by atoms with van der Waals surface area (Å²) in [4.78, 5) is 10.6. The second-order valence-electron chi connectivity index (χ2n) is 5.96. The highest BCUT2D eigenvalue weighted by atomic mass is 35.5. The summed E-state index contributed by atoms with van der Waals surface area (Å²) in [5.74, 6) is 3.79. The van der Waals surface area contributed by atoms with Gasteiger partial charge in [0.1, 0.15) is 5.82 Å². The van der Waals surface area contributed by atoms with E-state index in [1.807, 2.05) is 13.1 Å². The van der Waals surface area contributed by atoms with Crippen molar-refractivity contribution in [2.45, 2.75) is 32.6 Å². The fourth-order valence-electron chi connectivity index (χ4n) is 3.84. The van der Waals surface area contributed by atoms with Crippen LogP contribution in [0.1, 0.15) is 31.2 Å². The zero-order valence-corrected chi connectivity index (χ0v) is 11.8. The van der Waals surface area contributed by atoms with E-state index < -0.39 is 0 Å². The van der Waals surface area contributed by atoms with E-state index >= 15 is 0 Å². The molecule has 0 N–H and O–H groups in total. The van der Waals surface area contributed by atoms with E-state index in [4.69, 9.17) is 11.6 Å². The lowest BCUT2D eigenvalue weighted by molar-refractivity contribution is 0.337. The van der Waals surface area contributed by atoms with Crippen LogP contribution in [-0.4, -0.2) is 23.6 Å². The number of anilines is 1. The van der Waals surface area contributed by atoms with E-state index in [1.165, 1.54) is 25.7 Å². The molecule has 3 unspecified atom stereocenters. The summed E-state index contributed by atoms with van der Waals surface area (Å²) in [7, 11) is 2.12. The van der Waals surface area contributed by atoms with Crippen molar-refractivity contribution in [3.63, 3.8) is 0 Å². The Hall–Kier alpha value is -0.830. The van der Waals surface area contributed by atoms with Crippen molar-refractivity contribution in [3.05, 3.63) is 17.0 Å². The number of fused-ring (bicyclic) bond motifs is 2. The summed E-state index contributed by atoms with van der Waals surface area (Å²) < 4.78 is 0. The van der Waals surface area contributed by atoms with E-state index in [0.29, 0.717) is 5.28 Å². The molecule has 2 fully saturated rings. The van der Waals surface area contributed by atoms with E-state index in [9.17, 15) is 0 Å². The van der Waals surface area contributed by atoms with Crippen LogP contribution in [0.2, 0.25) is 5.28 Å². The number of hydrogen-bond donors (Lipinski definition) is 0.